The van der Waals surface area contributed by atoms with Gasteiger partial charge in [0.1, 0.15) is 0 Å². The third-order valence-electron chi connectivity index (χ3n) is 4.43. The van der Waals surface area contributed by atoms with Crippen LogP contribution in [0.2, 0.25) is 0 Å². The van der Waals surface area contributed by atoms with Crippen molar-refractivity contribution in [3.8, 4) is 0 Å². The molecule has 0 aliphatic carbocycles. The van der Waals surface area contributed by atoms with Gasteiger partial charge in [0, 0.05) is 26.7 Å². The van der Waals surface area contributed by atoms with E-state index in [2.05, 4.69) is 15.6 Å². The average Bonchev–Trinajstić information content (AvgIpc) is 3.21. The molecule has 2 N–H and O–H groups in total. The van der Waals surface area contributed by atoms with E-state index in [0.29, 0.717) is 31.3 Å². The molecule has 1 saturated heterocycles. The van der Waals surface area contributed by atoms with E-state index in [9.17, 15) is 18.0 Å². The van der Waals surface area contributed by atoms with Crippen LogP contribution in [0.1, 0.15) is 24.5 Å². The Bertz CT molecular complexity index is 726. The molecule has 0 spiro atoms. The van der Waals surface area contributed by atoms with Crippen molar-refractivity contribution in [2.45, 2.75) is 38.2 Å². The van der Waals surface area contributed by atoms with Gasteiger partial charge in [0.05, 0.1) is 38.0 Å². The molecule has 2 unspecified atom stereocenters. The highest BCUT2D eigenvalue weighted by atomic mass is 127. The van der Waals surface area contributed by atoms with Crippen LogP contribution in [0.25, 0.3) is 0 Å². The summed E-state index contributed by atoms with van der Waals surface area (Å²) >= 11 is 0. The minimum Gasteiger partial charge on any atom is -0.379 e. The van der Waals surface area contributed by atoms with Gasteiger partial charge in [-0.1, -0.05) is 12.1 Å². The first-order chi connectivity index (χ1) is 14.1. The number of nitrogens with one attached hydrogen (secondary N) is 2. The van der Waals surface area contributed by atoms with E-state index in [0.717, 1.165) is 18.6 Å². The zero-order valence-electron chi connectivity index (χ0n) is 17.9. The van der Waals surface area contributed by atoms with Crippen LogP contribution in [0.15, 0.2) is 29.3 Å². The number of aliphatic imine (C=N–C) groups is 1. The summed E-state index contributed by atoms with van der Waals surface area (Å²) in [5.41, 5.74) is -0.308. The van der Waals surface area contributed by atoms with Crippen molar-refractivity contribution in [3.05, 3.63) is 35.4 Å². The van der Waals surface area contributed by atoms with Crippen LogP contribution < -0.4 is 10.6 Å². The molecule has 1 amide bonds. The zero-order valence-corrected chi connectivity index (χ0v) is 20.2. The summed E-state index contributed by atoms with van der Waals surface area (Å²) in [6.45, 7) is 3.58. The molecule has 0 radical (unpaired) electrons. The van der Waals surface area contributed by atoms with Crippen LogP contribution in [-0.2, 0) is 27.0 Å². The molecule has 0 bridgehead atoms. The maximum Gasteiger partial charge on any atom is 0.416 e. The predicted molar refractivity (Wildman–Crippen MR) is 122 cm³/mol. The number of hydrogen-bond donors (Lipinski definition) is 2. The standard InChI is InChI=1S/C20H29F3N4O3.HI/c1-14(12-30-17-7-8-29-13-17)26-19(25-11-18(28)27(2)3)24-10-15-5-4-6-16(9-15)20(21,22)23;/h4-6,9,14,17H,7-8,10-13H2,1-3H3,(H2,24,25,26);1H. The zero-order chi connectivity index (χ0) is 22.1. The van der Waals surface area contributed by atoms with Crippen molar-refractivity contribution in [2.75, 3.05) is 40.5 Å². The number of amides is 1. The first-order valence-corrected chi connectivity index (χ1v) is 9.75. The van der Waals surface area contributed by atoms with Crippen LogP contribution in [0, 0.1) is 0 Å². The quantitative estimate of drug-likeness (QED) is 0.292. The van der Waals surface area contributed by atoms with Gasteiger partial charge in [0.25, 0.3) is 0 Å². The van der Waals surface area contributed by atoms with Crippen LogP contribution >= 0.6 is 24.0 Å². The SMILES string of the molecule is CC(COC1CCOC1)NC(=NCc1cccc(C(F)(F)F)c1)NCC(=O)N(C)C.I. The summed E-state index contributed by atoms with van der Waals surface area (Å²) in [4.78, 5) is 17.7. The second-order valence-electron chi connectivity index (χ2n) is 7.37. The van der Waals surface area contributed by atoms with Crippen molar-refractivity contribution in [1.29, 1.82) is 0 Å². The summed E-state index contributed by atoms with van der Waals surface area (Å²) in [5, 5.41) is 6.05. The first-order valence-electron chi connectivity index (χ1n) is 9.75. The molecule has 1 fully saturated rings. The predicted octanol–water partition coefficient (Wildman–Crippen LogP) is 2.64. The number of hydrogen-bond acceptors (Lipinski definition) is 4. The number of nitrogens with zero attached hydrogens (tertiary/aromatic N) is 2. The lowest BCUT2D eigenvalue weighted by Gasteiger charge is -2.20. The number of carbonyl (C=O) groups excluding carboxylic acids is 1. The molecule has 1 aliphatic rings. The summed E-state index contributed by atoms with van der Waals surface area (Å²) in [6, 6.07) is 4.89. The van der Waals surface area contributed by atoms with E-state index < -0.39 is 11.7 Å². The van der Waals surface area contributed by atoms with E-state index in [1.165, 1.54) is 11.0 Å². The number of benzene rings is 1. The summed E-state index contributed by atoms with van der Waals surface area (Å²) in [6.07, 6.45) is -3.51. The molecule has 31 heavy (non-hydrogen) atoms. The number of likely N-dealkylation sites (N-methyl/N-ethyl adjacent to an activating group) is 1. The van der Waals surface area contributed by atoms with Gasteiger partial charge in [0.15, 0.2) is 5.96 Å². The molecule has 0 saturated carbocycles. The minimum atomic E-state index is -4.41. The van der Waals surface area contributed by atoms with Gasteiger partial charge in [-0.05, 0) is 31.0 Å². The van der Waals surface area contributed by atoms with Gasteiger partial charge in [0.2, 0.25) is 5.91 Å². The summed E-state index contributed by atoms with van der Waals surface area (Å²) in [5.74, 6) is 0.164. The van der Waals surface area contributed by atoms with E-state index in [-0.39, 0.29) is 55.1 Å². The maximum absolute atomic E-state index is 12.9. The van der Waals surface area contributed by atoms with Gasteiger partial charge in [-0.3, -0.25) is 4.79 Å². The number of halogens is 4. The number of carbonyl (C=O) groups is 1. The number of alkyl halides is 3. The van der Waals surface area contributed by atoms with Crippen LogP contribution in [-0.4, -0.2) is 69.4 Å². The highest BCUT2D eigenvalue weighted by Crippen LogP contribution is 2.29. The van der Waals surface area contributed by atoms with Crippen LogP contribution in [0.5, 0.6) is 0 Å². The van der Waals surface area contributed by atoms with Crippen LogP contribution in [0.3, 0.4) is 0 Å². The maximum atomic E-state index is 12.9. The lowest BCUT2D eigenvalue weighted by molar-refractivity contribution is -0.137. The molecule has 1 heterocycles. The van der Waals surface area contributed by atoms with Crippen molar-refractivity contribution in [1.82, 2.24) is 15.5 Å². The molecule has 1 aliphatic heterocycles. The third-order valence-corrected chi connectivity index (χ3v) is 4.43. The Morgan fingerprint density at radius 3 is 2.74 bits per heavy atom. The van der Waals surface area contributed by atoms with Gasteiger partial charge in [-0.15, -0.1) is 24.0 Å². The average molecular weight is 558 g/mol. The number of rotatable bonds is 8. The highest BCUT2D eigenvalue weighted by molar-refractivity contribution is 14.0. The largest absolute Gasteiger partial charge is 0.416 e. The fraction of sp³-hybridized carbons (Fsp3) is 0.600. The fourth-order valence-electron chi connectivity index (χ4n) is 2.69. The van der Waals surface area contributed by atoms with Crippen LogP contribution in [0.4, 0.5) is 13.2 Å². The Balaban J connectivity index is 0.00000480. The van der Waals surface area contributed by atoms with Crippen molar-refractivity contribution < 1.29 is 27.4 Å². The monoisotopic (exact) mass is 558 g/mol. The molecule has 2 atom stereocenters. The molecule has 1 aromatic rings. The molecule has 0 aromatic heterocycles. The topological polar surface area (TPSA) is 75.2 Å². The second-order valence-corrected chi connectivity index (χ2v) is 7.37. The van der Waals surface area contributed by atoms with Crippen molar-refractivity contribution in [3.63, 3.8) is 0 Å². The van der Waals surface area contributed by atoms with E-state index in [1.807, 2.05) is 6.92 Å². The van der Waals surface area contributed by atoms with Gasteiger partial charge in [-0.2, -0.15) is 13.2 Å². The summed E-state index contributed by atoms with van der Waals surface area (Å²) in [7, 11) is 3.27. The lowest BCUT2D eigenvalue weighted by atomic mass is 10.1. The molecule has 7 nitrogen and oxygen atoms in total. The Hall–Kier alpha value is -1.60. The Morgan fingerprint density at radius 2 is 2.13 bits per heavy atom. The number of ether oxygens (including phenoxy) is 2. The Morgan fingerprint density at radius 1 is 1.39 bits per heavy atom. The molecular weight excluding hydrogens is 528 g/mol. The molecule has 11 heteroatoms. The van der Waals surface area contributed by atoms with Gasteiger partial charge < -0.3 is 25.0 Å². The normalized spacial score (nSPS) is 17.6. The highest BCUT2D eigenvalue weighted by Gasteiger charge is 2.30. The lowest BCUT2D eigenvalue weighted by Crippen LogP contribution is -2.47. The minimum absolute atomic E-state index is 0. The summed E-state index contributed by atoms with van der Waals surface area (Å²) < 4.78 is 49.8. The van der Waals surface area contributed by atoms with E-state index in [1.54, 1.807) is 20.2 Å². The van der Waals surface area contributed by atoms with Gasteiger partial charge >= 0.3 is 6.18 Å². The smallest absolute Gasteiger partial charge is 0.379 e. The molecule has 2 rings (SSSR count). The van der Waals surface area contributed by atoms with Crippen molar-refractivity contribution in [2.24, 2.45) is 4.99 Å². The van der Waals surface area contributed by atoms with Crippen molar-refractivity contribution >= 4 is 35.8 Å². The Labute approximate surface area is 197 Å². The third kappa shape index (κ3) is 10.0. The molecular formula is C20H30F3IN4O3. The molecule has 1 aromatic carbocycles. The number of guanidine groups is 1. The first kappa shape index (κ1) is 27.4. The van der Waals surface area contributed by atoms with E-state index in [4.69, 9.17) is 9.47 Å². The Kier molecular flexibility index (Phi) is 11.6. The second kappa shape index (κ2) is 13.1. The fourth-order valence-corrected chi connectivity index (χ4v) is 2.69. The van der Waals surface area contributed by atoms with Gasteiger partial charge in [-0.25, -0.2) is 4.99 Å². The van der Waals surface area contributed by atoms with E-state index >= 15 is 0 Å². The molecule has 176 valence electrons.